The summed E-state index contributed by atoms with van der Waals surface area (Å²) in [5, 5.41) is 0. The van der Waals surface area contributed by atoms with Crippen molar-refractivity contribution in [2.45, 2.75) is 13.8 Å². The van der Waals surface area contributed by atoms with Gasteiger partial charge >= 0.3 is 0 Å². The normalized spacial score (nSPS) is 10.3. The number of hydrogen-bond donors (Lipinski definition) is 1. The molecular weight excluding hydrogens is 188 g/mol. The second kappa shape index (κ2) is 3.77. The fourth-order valence-electron chi connectivity index (χ4n) is 1.71. The van der Waals surface area contributed by atoms with Crippen molar-refractivity contribution >= 4 is 0 Å². The number of benzene rings is 1. The van der Waals surface area contributed by atoms with E-state index in [1.54, 1.807) is 7.11 Å². The lowest BCUT2D eigenvalue weighted by Crippen LogP contribution is -1.88. The molecule has 0 aliphatic rings. The van der Waals surface area contributed by atoms with Gasteiger partial charge in [0.15, 0.2) is 0 Å². The molecule has 1 aromatic carbocycles. The van der Waals surface area contributed by atoms with Gasteiger partial charge in [0.05, 0.1) is 12.8 Å². The van der Waals surface area contributed by atoms with Gasteiger partial charge in [-0.3, -0.25) is 0 Å². The first-order valence-corrected chi connectivity index (χ1v) is 4.89. The van der Waals surface area contributed by atoms with Crippen LogP contribution in [0, 0.1) is 13.8 Å². The molecule has 0 bridgehead atoms. The average Bonchev–Trinajstić information content (AvgIpc) is 2.57. The van der Waals surface area contributed by atoms with Gasteiger partial charge in [0.2, 0.25) is 0 Å². The highest BCUT2D eigenvalue weighted by Crippen LogP contribution is 2.30. The Hall–Kier alpha value is -1.77. The molecule has 0 fully saturated rings. The SMILES string of the molecule is COc1ccccc1-c1nc(C)[nH]c1C. The Morgan fingerprint density at radius 2 is 1.93 bits per heavy atom. The second-order valence-corrected chi connectivity index (χ2v) is 3.50. The highest BCUT2D eigenvalue weighted by atomic mass is 16.5. The summed E-state index contributed by atoms with van der Waals surface area (Å²) >= 11 is 0. The van der Waals surface area contributed by atoms with E-state index >= 15 is 0 Å². The molecule has 0 spiro atoms. The number of para-hydroxylation sites is 1. The van der Waals surface area contributed by atoms with Crippen LogP contribution < -0.4 is 4.74 Å². The predicted molar refractivity (Wildman–Crippen MR) is 60.0 cm³/mol. The maximum absolute atomic E-state index is 5.31. The topological polar surface area (TPSA) is 37.9 Å². The van der Waals surface area contributed by atoms with Crippen LogP contribution in [0.5, 0.6) is 5.75 Å². The van der Waals surface area contributed by atoms with Gasteiger partial charge in [-0.25, -0.2) is 4.98 Å². The number of hydrogen-bond acceptors (Lipinski definition) is 2. The van der Waals surface area contributed by atoms with E-state index in [9.17, 15) is 0 Å². The van der Waals surface area contributed by atoms with Gasteiger partial charge in [-0.05, 0) is 26.0 Å². The number of rotatable bonds is 2. The summed E-state index contributed by atoms with van der Waals surface area (Å²) in [6.45, 7) is 3.97. The Morgan fingerprint density at radius 3 is 2.53 bits per heavy atom. The third kappa shape index (κ3) is 1.73. The number of ether oxygens (including phenoxy) is 1. The van der Waals surface area contributed by atoms with E-state index in [0.29, 0.717) is 0 Å². The molecule has 3 heteroatoms. The quantitative estimate of drug-likeness (QED) is 0.813. The number of nitrogens with zero attached hydrogens (tertiary/aromatic N) is 1. The lowest BCUT2D eigenvalue weighted by Gasteiger charge is -2.05. The van der Waals surface area contributed by atoms with Crippen molar-refractivity contribution in [3.63, 3.8) is 0 Å². The largest absolute Gasteiger partial charge is 0.496 e. The molecule has 1 N–H and O–H groups in total. The Kier molecular flexibility index (Phi) is 2.46. The Bertz CT molecular complexity index is 474. The van der Waals surface area contributed by atoms with Crippen LogP contribution in [0.4, 0.5) is 0 Å². The smallest absolute Gasteiger partial charge is 0.128 e. The number of aromatic nitrogens is 2. The lowest BCUT2D eigenvalue weighted by molar-refractivity contribution is 0.416. The molecule has 0 aliphatic carbocycles. The van der Waals surface area contributed by atoms with Crippen molar-refractivity contribution in [3.8, 4) is 17.0 Å². The minimum absolute atomic E-state index is 0.854. The Morgan fingerprint density at radius 1 is 1.20 bits per heavy atom. The highest BCUT2D eigenvalue weighted by molar-refractivity contribution is 5.69. The van der Waals surface area contributed by atoms with E-state index in [0.717, 1.165) is 28.5 Å². The van der Waals surface area contributed by atoms with E-state index in [1.807, 2.05) is 38.1 Å². The third-order valence-electron chi connectivity index (χ3n) is 2.37. The van der Waals surface area contributed by atoms with Crippen LogP contribution in [-0.4, -0.2) is 17.1 Å². The molecule has 0 saturated carbocycles. The summed E-state index contributed by atoms with van der Waals surface area (Å²) < 4.78 is 5.31. The summed E-state index contributed by atoms with van der Waals surface area (Å²) in [4.78, 5) is 7.64. The monoisotopic (exact) mass is 202 g/mol. The molecule has 0 saturated heterocycles. The standard InChI is InChI=1S/C12H14N2O/c1-8-12(14-9(2)13-8)10-6-4-5-7-11(10)15-3/h4-7H,1-3H3,(H,13,14). The molecule has 0 atom stereocenters. The van der Waals surface area contributed by atoms with Crippen molar-refractivity contribution in [2.75, 3.05) is 7.11 Å². The van der Waals surface area contributed by atoms with E-state index in [4.69, 9.17) is 4.74 Å². The molecule has 1 aromatic heterocycles. The number of nitrogens with one attached hydrogen (secondary N) is 1. The number of H-pyrrole nitrogens is 1. The van der Waals surface area contributed by atoms with Crippen LogP contribution in [0.1, 0.15) is 11.5 Å². The van der Waals surface area contributed by atoms with Gasteiger partial charge in [0.1, 0.15) is 11.6 Å². The number of aromatic amines is 1. The summed E-state index contributed by atoms with van der Waals surface area (Å²) in [6, 6.07) is 7.90. The Balaban J connectivity index is 2.58. The molecule has 15 heavy (non-hydrogen) atoms. The molecular formula is C12H14N2O. The molecule has 0 radical (unpaired) electrons. The fraction of sp³-hybridized carbons (Fsp3) is 0.250. The highest BCUT2D eigenvalue weighted by Gasteiger charge is 2.10. The molecule has 78 valence electrons. The zero-order chi connectivity index (χ0) is 10.8. The van der Waals surface area contributed by atoms with Crippen LogP contribution >= 0.6 is 0 Å². The second-order valence-electron chi connectivity index (χ2n) is 3.50. The molecule has 2 rings (SSSR count). The molecule has 2 aromatic rings. The summed E-state index contributed by atoms with van der Waals surface area (Å²) in [5.74, 6) is 1.78. The summed E-state index contributed by atoms with van der Waals surface area (Å²) in [6.07, 6.45) is 0. The number of methoxy groups -OCH3 is 1. The van der Waals surface area contributed by atoms with E-state index in [1.165, 1.54) is 0 Å². The zero-order valence-corrected chi connectivity index (χ0v) is 9.16. The first-order valence-electron chi connectivity index (χ1n) is 4.89. The van der Waals surface area contributed by atoms with Crippen molar-refractivity contribution in [1.82, 2.24) is 9.97 Å². The van der Waals surface area contributed by atoms with Gasteiger partial charge in [0.25, 0.3) is 0 Å². The third-order valence-corrected chi connectivity index (χ3v) is 2.37. The van der Waals surface area contributed by atoms with E-state index in [-0.39, 0.29) is 0 Å². The van der Waals surface area contributed by atoms with E-state index in [2.05, 4.69) is 9.97 Å². The van der Waals surface area contributed by atoms with Gasteiger partial charge < -0.3 is 9.72 Å². The van der Waals surface area contributed by atoms with Gasteiger partial charge in [-0.2, -0.15) is 0 Å². The van der Waals surface area contributed by atoms with Crippen molar-refractivity contribution in [2.24, 2.45) is 0 Å². The van der Waals surface area contributed by atoms with Crippen molar-refractivity contribution in [1.29, 1.82) is 0 Å². The maximum Gasteiger partial charge on any atom is 0.128 e. The van der Waals surface area contributed by atoms with E-state index < -0.39 is 0 Å². The molecule has 1 heterocycles. The average molecular weight is 202 g/mol. The molecule has 0 unspecified atom stereocenters. The molecule has 3 nitrogen and oxygen atoms in total. The number of imidazole rings is 1. The van der Waals surface area contributed by atoms with Gasteiger partial charge in [-0.1, -0.05) is 12.1 Å². The van der Waals surface area contributed by atoms with Crippen LogP contribution in [0.25, 0.3) is 11.3 Å². The minimum atomic E-state index is 0.854. The predicted octanol–water partition coefficient (Wildman–Crippen LogP) is 2.70. The first-order chi connectivity index (χ1) is 7.22. The Labute approximate surface area is 89.1 Å². The van der Waals surface area contributed by atoms with Crippen LogP contribution in [0.3, 0.4) is 0 Å². The van der Waals surface area contributed by atoms with Gasteiger partial charge in [0, 0.05) is 11.3 Å². The lowest BCUT2D eigenvalue weighted by atomic mass is 10.1. The minimum Gasteiger partial charge on any atom is -0.496 e. The van der Waals surface area contributed by atoms with Crippen LogP contribution in [0.15, 0.2) is 24.3 Å². The van der Waals surface area contributed by atoms with Crippen LogP contribution in [-0.2, 0) is 0 Å². The first kappa shape index (κ1) is 9.77. The maximum atomic E-state index is 5.31. The summed E-state index contributed by atoms with van der Waals surface area (Å²) in [7, 11) is 1.67. The zero-order valence-electron chi connectivity index (χ0n) is 9.16. The fourth-order valence-corrected chi connectivity index (χ4v) is 1.71. The molecule has 0 amide bonds. The molecule has 0 aliphatic heterocycles. The number of aryl methyl sites for hydroxylation is 2. The summed E-state index contributed by atoms with van der Waals surface area (Å²) in [5.41, 5.74) is 3.06. The van der Waals surface area contributed by atoms with Crippen LogP contribution in [0.2, 0.25) is 0 Å². The van der Waals surface area contributed by atoms with Crippen molar-refractivity contribution in [3.05, 3.63) is 35.8 Å². The van der Waals surface area contributed by atoms with Gasteiger partial charge in [-0.15, -0.1) is 0 Å². The van der Waals surface area contributed by atoms with Crippen molar-refractivity contribution < 1.29 is 4.74 Å².